The third kappa shape index (κ3) is 2.20. The van der Waals surface area contributed by atoms with E-state index in [1.807, 2.05) is 12.1 Å². The van der Waals surface area contributed by atoms with Crippen molar-refractivity contribution in [3.05, 3.63) is 23.9 Å². The van der Waals surface area contributed by atoms with Gasteiger partial charge in [0.25, 0.3) is 0 Å². The van der Waals surface area contributed by atoms with Crippen molar-refractivity contribution >= 4 is 5.82 Å². The molecule has 3 nitrogen and oxygen atoms in total. The Labute approximate surface area is 66.4 Å². The second-order valence-electron chi connectivity index (χ2n) is 2.44. The van der Waals surface area contributed by atoms with Crippen LogP contribution in [0.4, 0.5) is 5.82 Å². The molecule has 0 fully saturated rings. The standard InChI is InChI=1S/C8H13N3/c9-5-1-3-7-4-2-6-11-8(7)10/h2,4,6H,1,3,5,9H2,(H2,10,11). The molecule has 1 rings (SSSR count). The monoisotopic (exact) mass is 151 g/mol. The zero-order chi connectivity index (χ0) is 8.10. The van der Waals surface area contributed by atoms with E-state index in [0.29, 0.717) is 12.4 Å². The maximum Gasteiger partial charge on any atom is 0.126 e. The third-order valence-electron chi connectivity index (χ3n) is 1.58. The van der Waals surface area contributed by atoms with Gasteiger partial charge >= 0.3 is 0 Å². The average molecular weight is 151 g/mol. The van der Waals surface area contributed by atoms with Gasteiger partial charge in [0.15, 0.2) is 0 Å². The van der Waals surface area contributed by atoms with Gasteiger partial charge in [-0.3, -0.25) is 0 Å². The minimum atomic E-state index is 0.626. The van der Waals surface area contributed by atoms with Crippen LogP contribution in [-0.4, -0.2) is 11.5 Å². The smallest absolute Gasteiger partial charge is 0.126 e. The lowest BCUT2D eigenvalue weighted by Gasteiger charge is -2.01. The summed E-state index contributed by atoms with van der Waals surface area (Å²) in [5, 5.41) is 0. The van der Waals surface area contributed by atoms with E-state index in [4.69, 9.17) is 11.5 Å². The second kappa shape index (κ2) is 3.93. The van der Waals surface area contributed by atoms with Crippen LogP contribution in [0, 0.1) is 0 Å². The van der Waals surface area contributed by atoms with Crippen LogP contribution < -0.4 is 11.5 Å². The highest BCUT2D eigenvalue weighted by Gasteiger charge is 1.96. The maximum absolute atomic E-state index is 5.61. The number of nitrogens with zero attached hydrogens (tertiary/aromatic N) is 1. The summed E-state index contributed by atoms with van der Waals surface area (Å²) in [5.74, 6) is 0.626. The summed E-state index contributed by atoms with van der Waals surface area (Å²) in [6.07, 6.45) is 3.59. The first-order chi connectivity index (χ1) is 5.34. The number of anilines is 1. The minimum absolute atomic E-state index is 0.626. The topological polar surface area (TPSA) is 64.9 Å². The molecule has 11 heavy (non-hydrogen) atoms. The van der Waals surface area contributed by atoms with E-state index in [-0.39, 0.29) is 0 Å². The van der Waals surface area contributed by atoms with E-state index in [1.165, 1.54) is 0 Å². The molecule has 0 saturated heterocycles. The number of aromatic nitrogens is 1. The molecule has 0 radical (unpaired) electrons. The zero-order valence-corrected chi connectivity index (χ0v) is 6.46. The van der Waals surface area contributed by atoms with Gasteiger partial charge in [-0.25, -0.2) is 4.98 Å². The summed E-state index contributed by atoms with van der Waals surface area (Å²) in [6, 6.07) is 3.88. The number of nitrogen functional groups attached to an aromatic ring is 1. The Morgan fingerprint density at radius 3 is 2.91 bits per heavy atom. The molecule has 1 heterocycles. The van der Waals surface area contributed by atoms with Crippen LogP contribution in [0.2, 0.25) is 0 Å². The molecular weight excluding hydrogens is 138 g/mol. The van der Waals surface area contributed by atoms with Gasteiger partial charge in [-0.15, -0.1) is 0 Å². The molecule has 0 aliphatic heterocycles. The molecule has 0 saturated carbocycles. The van der Waals surface area contributed by atoms with Crippen LogP contribution in [0.25, 0.3) is 0 Å². The van der Waals surface area contributed by atoms with Gasteiger partial charge in [0, 0.05) is 6.20 Å². The van der Waals surface area contributed by atoms with Crippen molar-refractivity contribution in [3.63, 3.8) is 0 Å². The van der Waals surface area contributed by atoms with Crippen molar-refractivity contribution in [1.82, 2.24) is 4.98 Å². The molecule has 0 aromatic carbocycles. The first-order valence-corrected chi connectivity index (χ1v) is 3.74. The molecule has 0 aliphatic rings. The number of pyridine rings is 1. The third-order valence-corrected chi connectivity index (χ3v) is 1.58. The lowest BCUT2D eigenvalue weighted by molar-refractivity contribution is 0.831. The highest BCUT2D eigenvalue weighted by molar-refractivity contribution is 5.38. The fourth-order valence-corrected chi connectivity index (χ4v) is 0.955. The number of aryl methyl sites for hydroxylation is 1. The van der Waals surface area contributed by atoms with Gasteiger partial charge < -0.3 is 11.5 Å². The molecule has 0 aliphatic carbocycles. The second-order valence-corrected chi connectivity index (χ2v) is 2.44. The minimum Gasteiger partial charge on any atom is -0.383 e. The van der Waals surface area contributed by atoms with Gasteiger partial charge in [0.2, 0.25) is 0 Å². The quantitative estimate of drug-likeness (QED) is 0.663. The molecule has 1 aromatic heterocycles. The molecule has 3 heteroatoms. The molecule has 4 N–H and O–H groups in total. The van der Waals surface area contributed by atoms with Crippen LogP contribution in [0.15, 0.2) is 18.3 Å². The van der Waals surface area contributed by atoms with Crippen molar-refractivity contribution in [2.75, 3.05) is 12.3 Å². The molecule has 0 amide bonds. The normalized spacial score (nSPS) is 9.91. The van der Waals surface area contributed by atoms with Gasteiger partial charge in [-0.2, -0.15) is 0 Å². The Kier molecular flexibility index (Phi) is 2.86. The number of hydrogen-bond acceptors (Lipinski definition) is 3. The average Bonchev–Trinajstić information content (AvgIpc) is 2.03. The van der Waals surface area contributed by atoms with Gasteiger partial charge in [-0.05, 0) is 31.0 Å². The molecule has 0 spiro atoms. The fraction of sp³-hybridized carbons (Fsp3) is 0.375. The van der Waals surface area contributed by atoms with E-state index >= 15 is 0 Å². The lowest BCUT2D eigenvalue weighted by atomic mass is 10.1. The number of hydrogen-bond donors (Lipinski definition) is 2. The van der Waals surface area contributed by atoms with E-state index in [9.17, 15) is 0 Å². The summed E-state index contributed by atoms with van der Waals surface area (Å²) < 4.78 is 0. The first-order valence-electron chi connectivity index (χ1n) is 3.74. The lowest BCUT2D eigenvalue weighted by Crippen LogP contribution is -2.03. The van der Waals surface area contributed by atoms with Gasteiger partial charge in [0.1, 0.15) is 5.82 Å². The summed E-state index contributed by atoms with van der Waals surface area (Å²) >= 11 is 0. The molecule has 0 atom stereocenters. The number of nitrogens with two attached hydrogens (primary N) is 2. The number of rotatable bonds is 3. The molecular formula is C8H13N3. The highest BCUT2D eigenvalue weighted by Crippen LogP contribution is 2.08. The van der Waals surface area contributed by atoms with Crippen LogP contribution in [-0.2, 0) is 6.42 Å². The molecule has 60 valence electrons. The Balaban J connectivity index is 2.62. The largest absolute Gasteiger partial charge is 0.383 e. The Hall–Kier alpha value is -1.09. The van der Waals surface area contributed by atoms with Crippen LogP contribution in [0.3, 0.4) is 0 Å². The van der Waals surface area contributed by atoms with Crippen LogP contribution in [0.1, 0.15) is 12.0 Å². The predicted molar refractivity (Wildman–Crippen MR) is 46.0 cm³/mol. The van der Waals surface area contributed by atoms with E-state index in [2.05, 4.69) is 4.98 Å². The van der Waals surface area contributed by atoms with Crippen molar-refractivity contribution in [1.29, 1.82) is 0 Å². The summed E-state index contributed by atoms with van der Waals surface area (Å²) in [6.45, 7) is 0.703. The Morgan fingerprint density at radius 2 is 2.27 bits per heavy atom. The molecule has 0 unspecified atom stereocenters. The van der Waals surface area contributed by atoms with Crippen LogP contribution in [0.5, 0.6) is 0 Å². The summed E-state index contributed by atoms with van der Waals surface area (Å²) in [7, 11) is 0. The maximum atomic E-state index is 5.61. The van der Waals surface area contributed by atoms with Crippen molar-refractivity contribution in [3.8, 4) is 0 Å². The first kappa shape index (κ1) is 8.01. The van der Waals surface area contributed by atoms with Crippen molar-refractivity contribution in [2.24, 2.45) is 5.73 Å². The van der Waals surface area contributed by atoms with Gasteiger partial charge in [-0.1, -0.05) is 6.07 Å². The SMILES string of the molecule is NCCCc1cccnc1N. The molecule has 0 bridgehead atoms. The van der Waals surface area contributed by atoms with Crippen LogP contribution >= 0.6 is 0 Å². The molecule has 1 aromatic rings. The Morgan fingerprint density at radius 1 is 1.45 bits per heavy atom. The van der Waals surface area contributed by atoms with Gasteiger partial charge in [0.05, 0.1) is 0 Å². The van der Waals surface area contributed by atoms with Crippen molar-refractivity contribution < 1.29 is 0 Å². The van der Waals surface area contributed by atoms with Crippen molar-refractivity contribution in [2.45, 2.75) is 12.8 Å². The predicted octanol–water partition coefficient (Wildman–Crippen LogP) is 0.555. The van der Waals surface area contributed by atoms with E-state index < -0.39 is 0 Å². The Bertz CT molecular complexity index is 222. The summed E-state index contributed by atoms with van der Waals surface area (Å²) in [5.41, 5.74) is 12.1. The van der Waals surface area contributed by atoms with E-state index in [1.54, 1.807) is 6.20 Å². The fourth-order valence-electron chi connectivity index (χ4n) is 0.955. The summed E-state index contributed by atoms with van der Waals surface area (Å²) in [4.78, 5) is 3.97. The zero-order valence-electron chi connectivity index (χ0n) is 6.46. The highest BCUT2D eigenvalue weighted by atomic mass is 14.8. The van der Waals surface area contributed by atoms with E-state index in [0.717, 1.165) is 18.4 Å².